The molecule has 0 aromatic rings. The Balaban J connectivity index is 4.09. The molecule has 0 aliphatic heterocycles. The van der Waals surface area contributed by atoms with Gasteiger partial charge < -0.3 is 11.1 Å². The second kappa shape index (κ2) is 5.35. The van der Waals surface area contributed by atoms with Crippen LogP contribution in [-0.4, -0.2) is 18.5 Å². The number of carbonyl (C=O) groups is 1. The van der Waals surface area contributed by atoms with Crippen LogP contribution in [-0.2, 0) is 4.79 Å². The number of rotatable bonds is 6. The lowest BCUT2D eigenvalue weighted by atomic mass is 9.91. The van der Waals surface area contributed by atoms with E-state index in [9.17, 15) is 4.79 Å². The number of hydrogen-bond donors (Lipinski definition) is 2. The van der Waals surface area contributed by atoms with Gasteiger partial charge in [0.05, 0.1) is 5.41 Å². The van der Waals surface area contributed by atoms with E-state index < -0.39 is 5.41 Å². The number of carbonyl (C=O) groups excluding carboxylic acids is 1. The number of nitrogens with one attached hydrogen (secondary N) is 1. The molecule has 0 rings (SSSR count). The molecule has 3 nitrogen and oxygen atoms in total. The second-order valence-electron chi connectivity index (χ2n) is 4.89. The Morgan fingerprint density at radius 2 is 1.93 bits per heavy atom. The lowest BCUT2D eigenvalue weighted by Crippen LogP contribution is -2.45. The smallest absolute Gasteiger partial charge is 0.224 e. The SMILES string of the molecule is CCC(NCC(C)(C)C(N)=O)C(C)C. The lowest BCUT2D eigenvalue weighted by molar-refractivity contribution is -0.125. The van der Waals surface area contributed by atoms with Crippen LogP contribution in [0.15, 0.2) is 0 Å². The summed E-state index contributed by atoms with van der Waals surface area (Å²) in [5, 5.41) is 3.39. The maximum absolute atomic E-state index is 11.1. The molecular weight excluding hydrogens is 176 g/mol. The molecule has 3 heteroatoms. The normalized spacial score (nSPS) is 14.4. The summed E-state index contributed by atoms with van der Waals surface area (Å²) in [4.78, 5) is 11.1. The zero-order valence-corrected chi connectivity index (χ0v) is 10.1. The van der Waals surface area contributed by atoms with Gasteiger partial charge in [0.1, 0.15) is 0 Å². The minimum atomic E-state index is -0.456. The summed E-state index contributed by atoms with van der Waals surface area (Å²) in [6.45, 7) is 10.9. The van der Waals surface area contributed by atoms with Crippen molar-refractivity contribution < 1.29 is 4.79 Å². The molecule has 1 unspecified atom stereocenters. The highest BCUT2D eigenvalue weighted by atomic mass is 16.1. The van der Waals surface area contributed by atoms with Crippen molar-refractivity contribution in [3.05, 3.63) is 0 Å². The highest BCUT2D eigenvalue weighted by Crippen LogP contribution is 2.14. The van der Waals surface area contributed by atoms with E-state index in [2.05, 4.69) is 26.1 Å². The average molecular weight is 200 g/mol. The molecule has 0 saturated carbocycles. The van der Waals surface area contributed by atoms with Crippen molar-refractivity contribution in [1.82, 2.24) is 5.32 Å². The van der Waals surface area contributed by atoms with Crippen LogP contribution in [0.25, 0.3) is 0 Å². The summed E-state index contributed by atoms with van der Waals surface area (Å²) >= 11 is 0. The van der Waals surface area contributed by atoms with Crippen molar-refractivity contribution in [2.24, 2.45) is 17.1 Å². The molecule has 0 spiro atoms. The van der Waals surface area contributed by atoms with Crippen molar-refractivity contribution in [2.45, 2.75) is 47.1 Å². The first-order chi connectivity index (χ1) is 6.31. The van der Waals surface area contributed by atoms with Gasteiger partial charge in [-0.3, -0.25) is 4.79 Å². The van der Waals surface area contributed by atoms with Gasteiger partial charge in [0.25, 0.3) is 0 Å². The predicted molar refractivity (Wildman–Crippen MR) is 59.9 cm³/mol. The Morgan fingerprint density at radius 1 is 1.43 bits per heavy atom. The summed E-state index contributed by atoms with van der Waals surface area (Å²) in [6, 6.07) is 0.466. The molecule has 14 heavy (non-hydrogen) atoms. The molecule has 1 amide bonds. The van der Waals surface area contributed by atoms with Gasteiger partial charge in [-0.25, -0.2) is 0 Å². The van der Waals surface area contributed by atoms with Gasteiger partial charge in [-0.2, -0.15) is 0 Å². The predicted octanol–water partition coefficient (Wildman–Crippen LogP) is 1.52. The molecule has 1 atom stereocenters. The number of primary amides is 1. The topological polar surface area (TPSA) is 55.1 Å². The molecule has 0 saturated heterocycles. The maximum atomic E-state index is 11.1. The molecule has 0 radical (unpaired) electrons. The Hall–Kier alpha value is -0.570. The maximum Gasteiger partial charge on any atom is 0.224 e. The Bertz CT molecular complexity index is 188. The molecular formula is C11H24N2O. The number of nitrogens with two attached hydrogens (primary N) is 1. The number of hydrogen-bond acceptors (Lipinski definition) is 2. The molecule has 84 valence electrons. The van der Waals surface area contributed by atoms with Crippen LogP contribution < -0.4 is 11.1 Å². The molecule has 0 aliphatic carbocycles. The third-order valence-electron chi connectivity index (χ3n) is 2.72. The van der Waals surface area contributed by atoms with E-state index in [1.807, 2.05) is 13.8 Å². The van der Waals surface area contributed by atoms with E-state index >= 15 is 0 Å². The highest BCUT2D eigenvalue weighted by Gasteiger charge is 2.25. The van der Waals surface area contributed by atoms with Crippen LogP contribution in [0.4, 0.5) is 0 Å². The second-order valence-corrected chi connectivity index (χ2v) is 4.89. The Kier molecular flexibility index (Phi) is 5.13. The average Bonchev–Trinajstić information content (AvgIpc) is 2.04. The van der Waals surface area contributed by atoms with E-state index in [4.69, 9.17) is 5.73 Å². The third kappa shape index (κ3) is 4.09. The zero-order chi connectivity index (χ0) is 11.4. The van der Waals surface area contributed by atoms with E-state index in [-0.39, 0.29) is 5.91 Å². The van der Waals surface area contributed by atoms with Gasteiger partial charge in [-0.1, -0.05) is 20.8 Å². The third-order valence-corrected chi connectivity index (χ3v) is 2.72. The lowest BCUT2D eigenvalue weighted by Gasteiger charge is -2.27. The quantitative estimate of drug-likeness (QED) is 0.683. The van der Waals surface area contributed by atoms with Crippen molar-refractivity contribution in [2.75, 3.05) is 6.54 Å². The van der Waals surface area contributed by atoms with Crippen LogP contribution in [0.1, 0.15) is 41.0 Å². The highest BCUT2D eigenvalue weighted by molar-refractivity contribution is 5.80. The fourth-order valence-corrected chi connectivity index (χ4v) is 1.32. The van der Waals surface area contributed by atoms with Gasteiger partial charge in [0.2, 0.25) is 5.91 Å². The van der Waals surface area contributed by atoms with Crippen LogP contribution in [0.2, 0.25) is 0 Å². The van der Waals surface area contributed by atoms with Crippen molar-refractivity contribution in [3.8, 4) is 0 Å². The van der Waals surface area contributed by atoms with Crippen molar-refractivity contribution in [3.63, 3.8) is 0 Å². The molecule has 0 heterocycles. The Morgan fingerprint density at radius 3 is 2.21 bits per heavy atom. The Labute approximate surface area is 87.4 Å². The summed E-state index contributed by atoms with van der Waals surface area (Å²) in [6.07, 6.45) is 1.08. The van der Waals surface area contributed by atoms with Crippen LogP contribution in [0.5, 0.6) is 0 Å². The summed E-state index contributed by atoms with van der Waals surface area (Å²) < 4.78 is 0. The van der Waals surface area contributed by atoms with E-state index in [1.54, 1.807) is 0 Å². The first kappa shape index (κ1) is 13.4. The minimum Gasteiger partial charge on any atom is -0.369 e. The van der Waals surface area contributed by atoms with Crippen molar-refractivity contribution >= 4 is 5.91 Å². The van der Waals surface area contributed by atoms with E-state index in [0.29, 0.717) is 18.5 Å². The number of amides is 1. The zero-order valence-electron chi connectivity index (χ0n) is 10.1. The van der Waals surface area contributed by atoms with Crippen LogP contribution in [0.3, 0.4) is 0 Å². The fraction of sp³-hybridized carbons (Fsp3) is 0.909. The molecule has 0 aromatic carbocycles. The largest absolute Gasteiger partial charge is 0.369 e. The molecule has 0 bridgehead atoms. The van der Waals surface area contributed by atoms with Crippen molar-refractivity contribution in [1.29, 1.82) is 0 Å². The van der Waals surface area contributed by atoms with Gasteiger partial charge in [-0.05, 0) is 26.2 Å². The standard InChI is InChI=1S/C11H24N2O/c1-6-9(8(2)3)13-7-11(4,5)10(12)14/h8-9,13H,6-7H2,1-5H3,(H2,12,14). The monoisotopic (exact) mass is 200 g/mol. The molecule has 0 aromatic heterocycles. The van der Waals surface area contributed by atoms with Gasteiger partial charge >= 0.3 is 0 Å². The molecule has 0 fully saturated rings. The van der Waals surface area contributed by atoms with E-state index in [1.165, 1.54) is 0 Å². The minimum absolute atomic E-state index is 0.247. The van der Waals surface area contributed by atoms with E-state index in [0.717, 1.165) is 6.42 Å². The fourth-order valence-electron chi connectivity index (χ4n) is 1.32. The van der Waals surface area contributed by atoms with Gasteiger partial charge in [-0.15, -0.1) is 0 Å². The summed E-state index contributed by atoms with van der Waals surface area (Å²) in [5.74, 6) is 0.340. The molecule has 3 N–H and O–H groups in total. The molecule has 0 aliphatic rings. The summed E-state index contributed by atoms with van der Waals surface area (Å²) in [5.41, 5.74) is 4.84. The summed E-state index contributed by atoms with van der Waals surface area (Å²) in [7, 11) is 0. The van der Waals surface area contributed by atoms with Gasteiger partial charge in [0, 0.05) is 12.6 Å². The first-order valence-corrected chi connectivity index (χ1v) is 5.34. The first-order valence-electron chi connectivity index (χ1n) is 5.34. The van der Waals surface area contributed by atoms with Gasteiger partial charge in [0.15, 0.2) is 0 Å². The van der Waals surface area contributed by atoms with Crippen LogP contribution >= 0.6 is 0 Å². The van der Waals surface area contributed by atoms with Crippen LogP contribution in [0, 0.1) is 11.3 Å².